The second kappa shape index (κ2) is 4.29. The molecule has 54 valence electrons. The Morgan fingerprint density at radius 3 is 2.44 bits per heavy atom. The first-order valence-electron chi connectivity index (χ1n) is 2.87. The minimum Gasteiger partial charge on any atom is -0.480 e. The molecule has 0 heterocycles. The van der Waals surface area contributed by atoms with E-state index in [-0.39, 0.29) is 0 Å². The van der Waals surface area contributed by atoms with Crippen LogP contribution in [0.5, 0.6) is 0 Å². The lowest BCUT2D eigenvalue weighted by molar-refractivity contribution is -0.139. The van der Waals surface area contributed by atoms with E-state index in [4.69, 9.17) is 5.11 Å². The predicted octanol–water partition coefficient (Wildman–Crippen LogP) is -0.426. The van der Waals surface area contributed by atoms with Crippen LogP contribution in [0.1, 0.15) is 13.3 Å². The van der Waals surface area contributed by atoms with Gasteiger partial charge in [-0.25, -0.2) is 5.43 Å². The summed E-state index contributed by atoms with van der Waals surface area (Å²) in [6.45, 7) is 1.81. The molecular weight excluding hydrogens is 120 g/mol. The van der Waals surface area contributed by atoms with Crippen molar-refractivity contribution < 1.29 is 9.90 Å². The van der Waals surface area contributed by atoms with Crippen LogP contribution in [-0.4, -0.2) is 24.2 Å². The smallest absolute Gasteiger partial charge is 0.322 e. The highest BCUT2D eigenvalue weighted by molar-refractivity contribution is 5.73. The van der Waals surface area contributed by atoms with Gasteiger partial charge in [-0.1, -0.05) is 6.92 Å². The van der Waals surface area contributed by atoms with Gasteiger partial charge < -0.3 is 5.11 Å². The normalized spacial score (nSPS) is 13.1. The molecule has 1 atom stereocenters. The number of rotatable bonds is 4. The van der Waals surface area contributed by atoms with Gasteiger partial charge >= 0.3 is 5.97 Å². The Balaban J connectivity index is 3.54. The summed E-state index contributed by atoms with van der Waals surface area (Å²) < 4.78 is 0. The number of aliphatic carboxylic acids is 1. The first kappa shape index (κ1) is 8.39. The first-order valence-corrected chi connectivity index (χ1v) is 2.87. The highest BCUT2D eigenvalue weighted by Gasteiger charge is 2.11. The maximum atomic E-state index is 10.2. The average molecular weight is 132 g/mol. The Bertz CT molecular complexity index is 95.0. The summed E-state index contributed by atoms with van der Waals surface area (Å²) in [5, 5.41) is 8.40. The molecule has 4 heteroatoms. The number of carbonyl (C=O) groups is 1. The summed E-state index contributed by atoms with van der Waals surface area (Å²) in [5.41, 5.74) is 5.15. The molecule has 0 aromatic heterocycles. The zero-order chi connectivity index (χ0) is 7.28. The van der Waals surface area contributed by atoms with Gasteiger partial charge in [0.2, 0.25) is 0 Å². The fourth-order valence-electron chi connectivity index (χ4n) is 0.513. The van der Waals surface area contributed by atoms with Crippen LogP contribution in [0.2, 0.25) is 0 Å². The molecule has 0 aliphatic rings. The van der Waals surface area contributed by atoms with Crippen molar-refractivity contribution in [2.45, 2.75) is 19.4 Å². The molecule has 1 unspecified atom stereocenters. The standard InChI is InChI=1S/C5H12N2O2/c1-3-4(5(8)9)7-6-2/h4,6-7H,3H2,1-2H3,(H,8,9). The summed E-state index contributed by atoms with van der Waals surface area (Å²) in [6, 6.07) is -0.477. The molecule has 0 aromatic rings. The van der Waals surface area contributed by atoms with E-state index in [1.54, 1.807) is 7.05 Å². The Morgan fingerprint density at radius 2 is 2.33 bits per heavy atom. The molecule has 0 rings (SSSR count). The van der Waals surface area contributed by atoms with Gasteiger partial charge in [0.15, 0.2) is 0 Å². The topological polar surface area (TPSA) is 61.4 Å². The zero-order valence-electron chi connectivity index (χ0n) is 5.64. The van der Waals surface area contributed by atoms with Gasteiger partial charge in [0.05, 0.1) is 0 Å². The quantitative estimate of drug-likeness (QED) is 0.454. The van der Waals surface area contributed by atoms with E-state index < -0.39 is 12.0 Å². The van der Waals surface area contributed by atoms with E-state index in [0.717, 1.165) is 0 Å². The molecule has 0 spiro atoms. The summed E-state index contributed by atoms with van der Waals surface area (Å²) in [7, 11) is 1.64. The molecule has 0 radical (unpaired) electrons. The molecular formula is C5H12N2O2. The maximum Gasteiger partial charge on any atom is 0.322 e. The number of nitrogens with one attached hydrogen (secondary N) is 2. The summed E-state index contributed by atoms with van der Waals surface area (Å²) in [6.07, 6.45) is 0.580. The summed E-state index contributed by atoms with van der Waals surface area (Å²) >= 11 is 0. The van der Waals surface area contributed by atoms with Crippen LogP contribution >= 0.6 is 0 Å². The Labute approximate surface area is 54.2 Å². The number of carboxylic acids is 1. The number of hydrogen-bond donors (Lipinski definition) is 3. The molecule has 0 saturated carbocycles. The van der Waals surface area contributed by atoms with E-state index in [1.165, 1.54) is 0 Å². The van der Waals surface area contributed by atoms with Crippen LogP contribution in [0.4, 0.5) is 0 Å². The number of carboxylic acid groups (broad SMARTS) is 1. The molecule has 0 aliphatic carbocycles. The lowest BCUT2D eigenvalue weighted by Crippen LogP contribution is -2.43. The molecule has 4 nitrogen and oxygen atoms in total. The number of hydrogen-bond acceptors (Lipinski definition) is 3. The highest BCUT2D eigenvalue weighted by Crippen LogP contribution is 1.86. The average Bonchev–Trinajstić information content (AvgIpc) is 1.82. The van der Waals surface area contributed by atoms with Gasteiger partial charge in [-0.15, -0.1) is 0 Å². The molecule has 0 aliphatic heterocycles. The largest absolute Gasteiger partial charge is 0.480 e. The van der Waals surface area contributed by atoms with Gasteiger partial charge in [0.1, 0.15) is 6.04 Å². The molecule has 9 heavy (non-hydrogen) atoms. The van der Waals surface area contributed by atoms with Crippen molar-refractivity contribution in [3.63, 3.8) is 0 Å². The minimum absolute atomic E-state index is 0.477. The van der Waals surface area contributed by atoms with Gasteiger partial charge in [-0.05, 0) is 13.5 Å². The van der Waals surface area contributed by atoms with Gasteiger partial charge in [0.25, 0.3) is 0 Å². The van der Waals surface area contributed by atoms with Crippen molar-refractivity contribution in [2.75, 3.05) is 7.05 Å². The van der Waals surface area contributed by atoms with Crippen molar-refractivity contribution in [3.05, 3.63) is 0 Å². The third-order valence-electron chi connectivity index (χ3n) is 1.02. The van der Waals surface area contributed by atoms with E-state index >= 15 is 0 Å². The summed E-state index contributed by atoms with van der Waals surface area (Å²) in [5.74, 6) is -0.827. The summed E-state index contributed by atoms with van der Waals surface area (Å²) in [4.78, 5) is 10.2. The Hall–Kier alpha value is -0.610. The first-order chi connectivity index (χ1) is 4.22. The van der Waals surface area contributed by atoms with E-state index in [1.807, 2.05) is 6.92 Å². The van der Waals surface area contributed by atoms with Crippen molar-refractivity contribution in [3.8, 4) is 0 Å². The minimum atomic E-state index is -0.827. The maximum absolute atomic E-state index is 10.2. The lowest BCUT2D eigenvalue weighted by Gasteiger charge is -2.09. The van der Waals surface area contributed by atoms with Crippen LogP contribution in [0, 0.1) is 0 Å². The van der Waals surface area contributed by atoms with Gasteiger partial charge in [-0.2, -0.15) is 0 Å². The van der Waals surface area contributed by atoms with E-state index in [9.17, 15) is 4.79 Å². The van der Waals surface area contributed by atoms with Gasteiger partial charge in [0, 0.05) is 0 Å². The van der Waals surface area contributed by atoms with Crippen molar-refractivity contribution in [1.82, 2.24) is 10.9 Å². The predicted molar refractivity (Wildman–Crippen MR) is 33.9 cm³/mol. The van der Waals surface area contributed by atoms with E-state index in [0.29, 0.717) is 6.42 Å². The SMILES string of the molecule is CCC(NNC)C(=O)O. The van der Waals surface area contributed by atoms with Crippen LogP contribution < -0.4 is 10.9 Å². The fourth-order valence-corrected chi connectivity index (χ4v) is 0.513. The Kier molecular flexibility index (Phi) is 4.00. The van der Waals surface area contributed by atoms with Crippen molar-refractivity contribution in [2.24, 2.45) is 0 Å². The van der Waals surface area contributed by atoms with Crippen LogP contribution in [0.15, 0.2) is 0 Å². The van der Waals surface area contributed by atoms with Crippen molar-refractivity contribution >= 4 is 5.97 Å². The van der Waals surface area contributed by atoms with Gasteiger partial charge in [-0.3, -0.25) is 10.2 Å². The third-order valence-corrected chi connectivity index (χ3v) is 1.02. The van der Waals surface area contributed by atoms with Crippen molar-refractivity contribution in [1.29, 1.82) is 0 Å². The molecule has 0 saturated heterocycles. The Morgan fingerprint density at radius 1 is 1.78 bits per heavy atom. The van der Waals surface area contributed by atoms with Crippen LogP contribution in [0.25, 0.3) is 0 Å². The van der Waals surface area contributed by atoms with Crippen LogP contribution in [-0.2, 0) is 4.79 Å². The third kappa shape index (κ3) is 3.05. The zero-order valence-corrected chi connectivity index (χ0v) is 5.64. The highest BCUT2D eigenvalue weighted by atomic mass is 16.4. The second-order valence-electron chi connectivity index (χ2n) is 1.69. The number of hydrazine groups is 1. The molecule has 0 fully saturated rings. The second-order valence-corrected chi connectivity index (χ2v) is 1.69. The molecule has 3 N–H and O–H groups in total. The molecule has 0 amide bonds. The molecule has 0 aromatic carbocycles. The monoisotopic (exact) mass is 132 g/mol. The lowest BCUT2D eigenvalue weighted by atomic mass is 10.2. The van der Waals surface area contributed by atoms with Crippen LogP contribution in [0.3, 0.4) is 0 Å². The van der Waals surface area contributed by atoms with E-state index in [2.05, 4.69) is 10.9 Å². The fraction of sp³-hybridized carbons (Fsp3) is 0.800. The molecule has 0 bridgehead atoms.